The van der Waals surface area contributed by atoms with E-state index in [1.54, 1.807) is 19.5 Å². The molecule has 0 aliphatic heterocycles. The third kappa shape index (κ3) is 2.53. The SMILES string of the molecule is CCNc1nccnc1-c1ccc(OC)cc1. The second kappa shape index (κ2) is 5.30. The van der Waals surface area contributed by atoms with Crippen molar-refractivity contribution in [1.82, 2.24) is 9.97 Å². The minimum absolute atomic E-state index is 0.806. The molecule has 0 atom stereocenters. The normalized spacial score (nSPS) is 10.0. The van der Waals surface area contributed by atoms with Crippen molar-refractivity contribution in [3.05, 3.63) is 36.7 Å². The van der Waals surface area contributed by atoms with Crippen LogP contribution in [0.2, 0.25) is 0 Å². The van der Waals surface area contributed by atoms with E-state index in [4.69, 9.17) is 4.74 Å². The van der Waals surface area contributed by atoms with Gasteiger partial charge in [0.25, 0.3) is 0 Å². The quantitative estimate of drug-likeness (QED) is 0.875. The van der Waals surface area contributed by atoms with Gasteiger partial charge in [0.05, 0.1) is 7.11 Å². The van der Waals surface area contributed by atoms with Gasteiger partial charge in [-0.25, -0.2) is 4.98 Å². The summed E-state index contributed by atoms with van der Waals surface area (Å²) in [7, 11) is 1.65. The molecule has 0 aliphatic rings. The van der Waals surface area contributed by atoms with Crippen LogP contribution in [0.4, 0.5) is 5.82 Å². The smallest absolute Gasteiger partial charge is 0.152 e. The first-order chi connectivity index (χ1) is 8.35. The first-order valence-electron chi connectivity index (χ1n) is 5.54. The summed E-state index contributed by atoms with van der Waals surface area (Å²) in [4.78, 5) is 8.64. The van der Waals surface area contributed by atoms with Gasteiger partial charge in [0.2, 0.25) is 0 Å². The average Bonchev–Trinajstić information content (AvgIpc) is 2.40. The molecule has 0 radical (unpaired) electrons. The average molecular weight is 229 g/mol. The lowest BCUT2D eigenvalue weighted by Crippen LogP contribution is -2.02. The van der Waals surface area contributed by atoms with Gasteiger partial charge in [0.15, 0.2) is 5.82 Å². The van der Waals surface area contributed by atoms with Crippen LogP contribution in [0.15, 0.2) is 36.7 Å². The largest absolute Gasteiger partial charge is 0.497 e. The summed E-state index contributed by atoms with van der Waals surface area (Å²) in [5, 5.41) is 3.20. The van der Waals surface area contributed by atoms with E-state index in [-0.39, 0.29) is 0 Å². The fraction of sp³-hybridized carbons (Fsp3) is 0.231. The highest BCUT2D eigenvalue weighted by molar-refractivity contribution is 5.71. The number of benzene rings is 1. The predicted octanol–water partition coefficient (Wildman–Crippen LogP) is 2.58. The zero-order valence-corrected chi connectivity index (χ0v) is 9.97. The first-order valence-corrected chi connectivity index (χ1v) is 5.54. The molecule has 1 heterocycles. The molecule has 2 aromatic rings. The minimum atomic E-state index is 0.806. The summed E-state index contributed by atoms with van der Waals surface area (Å²) in [6, 6.07) is 7.78. The zero-order valence-electron chi connectivity index (χ0n) is 9.97. The van der Waals surface area contributed by atoms with E-state index < -0.39 is 0 Å². The molecule has 0 unspecified atom stereocenters. The Morgan fingerprint density at radius 3 is 2.47 bits per heavy atom. The van der Waals surface area contributed by atoms with E-state index >= 15 is 0 Å². The van der Waals surface area contributed by atoms with Gasteiger partial charge in [-0.1, -0.05) is 0 Å². The lowest BCUT2D eigenvalue weighted by Gasteiger charge is -2.08. The van der Waals surface area contributed by atoms with Crippen molar-refractivity contribution in [3.8, 4) is 17.0 Å². The van der Waals surface area contributed by atoms with Crippen LogP contribution in [0.25, 0.3) is 11.3 Å². The van der Waals surface area contributed by atoms with Crippen molar-refractivity contribution >= 4 is 5.82 Å². The van der Waals surface area contributed by atoms with Crippen molar-refractivity contribution in [2.75, 3.05) is 19.0 Å². The molecule has 0 saturated carbocycles. The van der Waals surface area contributed by atoms with Crippen molar-refractivity contribution < 1.29 is 4.74 Å². The Hall–Kier alpha value is -2.10. The Bertz CT molecular complexity index is 482. The third-order valence-electron chi connectivity index (χ3n) is 2.41. The van der Waals surface area contributed by atoms with Crippen LogP contribution in [0.1, 0.15) is 6.92 Å². The number of methoxy groups -OCH3 is 1. The highest BCUT2D eigenvalue weighted by Gasteiger charge is 2.06. The van der Waals surface area contributed by atoms with Gasteiger partial charge < -0.3 is 10.1 Å². The monoisotopic (exact) mass is 229 g/mol. The molecule has 0 bridgehead atoms. The zero-order chi connectivity index (χ0) is 12.1. The molecule has 0 amide bonds. The maximum absolute atomic E-state index is 5.13. The topological polar surface area (TPSA) is 47.0 Å². The molecule has 88 valence electrons. The van der Waals surface area contributed by atoms with Gasteiger partial charge in [-0.15, -0.1) is 0 Å². The molecule has 0 spiro atoms. The van der Waals surface area contributed by atoms with Gasteiger partial charge in [-0.05, 0) is 31.2 Å². The van der Waals surface area contributed by atoms with E-state index in [0.29, 0.717) is 0 Å². The number of anilines is 1. The molecule has 0 saturated heterocycles. The van der Waals surface area contributed by atoms with E-state index in [2.05, 4.69) is 15.3 Å². The molecule has 4 nitrogen and oxygen atoms in total. The first kappa shape index (κ1) is 11.4. The lowest BCUT2D eigenvalue weighted by atomic mass is 10.1. The van der Waals surface area contributed by atoms with Gasteiger partial charge in [-0.2, -0.15) is 0 Å². The fourth-order valence-electron chi connectivity index (χ4n) is 1.59. The van der Waals surface area contributed by atoms with Gasteiger partial charge in [0.1, 0.15) is 11.4 Å². The van der Waals surface area contributed by atoms with Gasteiger partial charge in [0, 0.05) is 24.5 Å². The summed E-state index contributed by atoms with van der Waals surface area (Å²) in [6.45, 7) is 2.86. The van der Waals surface area contributed by atoms with Crippen LogP contribution in [-0.4, -0.2) is 23.6 Å². The van der Waals surface area contributed by atoms with Crippen molar-refractivity contribution in [2.45, 2.75) is 6.92 Å². The molecule has 0 fully saturated rings. The molecular formula is C13H15N3O. The highest BCUT2D eigenvalue weighted by Crippen LogP contribution is 2.25. The fourth-order valence-corrected chi connectivity index (χ4v) is 1.59. The lowest BCUT2D eigenvalue weighted by molar-refractivity contribution is 0.415. The van der Waals surface area contributed by atoms with E-state index in [1.807, 2.05) is 31.2 Å². The number of hydrogen-bond acceptors (Lipinski definition) is 4. The Kier molecular flexibility index (Phi) is 3.55. The van der Waals surface area contributed by atoms with Crippen molar-refractivity contribution in [2.24, 2.45) is 0 Å². The van der Waals surface area contributed by atoms with Gasteiger partial charge in [-0.3, -0.25) is 4.98 Å². The summed E-state index contributed by atoms with van der Waals surface area (Å²) in [5.74, 6) is 1.64. The summed E-state index contributed by atoms with van der Waals surface area (Å²) < 4.78 is 5.13. The minimum Gasteiger partial charge on any atom is -0.497 e. The Morgan fingerprint density at radius 2 is 1.82 bits per heavy atom. The van der Waals surface area contributed by atoms with Crippen LogP contribution >= 0.6 is 0 Å². The molecule has 2 rings (SSSR count). The molecule has 17 heavy (non-hydrogen) atoms. The van der Waals surface area contributed by atoms with Crippen LogP contribution in [0, 0.1) is 0 Å². The molecule has 1 aromatic heterocycles. The van der Waals surface area contributed by atoms with Crippen LogP contribution in [0.3, 0.4) is 0 Å². The summed E-state index contributed by atoms with van der Waals surface area (Å²) >= 11 is 0. The summed E-state index contributed by atoms with van der Waals surface area (Å²) in [6.07, 6.45) is 3.38. The Morgan fingerprint density at radius 1 is 1.12 bits per heavy atom. The van der Waals surface area contributed by atoms with E-state index in [0.717, 1.165) is 29.4 Å². The molecule has 0 aliphatic carbocycles. The van der Waals surface area contributed by atoms with Crippen molar-refractivity contribution in [3.63, 3.8) is 0 Å². The van der Waals surface area contributed by atoms with Crippen LogP contribution < -0.4 is 10.1 Å². The highest BCUT2D eigenvalue weighted by atomic mass is 16.5. The standard InChI is InChI=1S/C13H15N3O/c1-3-14-13-12(15-8-9-16-13)10-4-6-11(17-2)7-5-10/h4-9H,3H2,1-2H3,(H,14,16). The third-order valence-corrected chi connectivity index (χ3v) is 2.41. The number of nitrogens with one attached hydrogen (secondary N) is 1. The number of ether oxygens (including phenoxy) is 1. The molecule has 1 N–H and O–H groups in total. The maximum Gasteiger partial charge on any atom is 0.152 e. The number of aromatic nitrogens is 2. The molecule has 1 aromatic carbocycles. The number of rotatable bonds is 4. The van der Waals surface area contributed by atoms with E-state index in [9.17, 15) is 0 Å². The number of hydrogen-bond donors (Lipinski definition) is 1. The van der Waals surface area contributed by atoms with E-state index in [1.165, 1.54) is 0 Å². The molecular weight excluding hydrogens is 214 g/mol. The Labute approximate surface area is 101 Å². The second-order valence-corrected chi connectivity index (χ2v) is 3.51. The predicted molar refractivity (Wildman–Crippen MR) is 68.2 cm³/mol. The molecule has 4 heteroatoms. The Balaban J connectivity index is 2.37. The van der Waals surface area contributed by atoms with Crippen LogP contribution in [-0.2, 0) is 0 Å². The van der Waals surface area contributed by atoms with Crippen LogP contribution in [0.5, 0.6) is 5.75 Å². The van der Waals surface area contributed by atoms with Gasteiger partial charge >= 0.3 is 0 Å². The maximum atomic E-state index is 5.13. The second-order valence-electron chi connectivity index (χ2n) is 3.51. The number of nitrogens with zero attached hydrogens (tertiary/aromatic N) is 2. The van der Waals surface area contributed by atoms with Crippen molar-refractivity contribution in [1.29, 1.82) is 0 Å². The summed E-state index contributed by atoms with van der Waals surface area (Å²) in [5.41, 5.74) is 1.88.